The largest absolute Gasteiger partial charge is 0.416 e. The van der Waals surface area contributed by atoms with E-state index < -0.39 is 28.8 Å². The Hall–Kier alpha value is -3.03. The van der Waals surface area contributed by atoms with Crippen LogP contribution in [0.15, 0.2) is 54.6 Å². The molecule has 0 bridgehead atoms. The van der Waals surface area contributed by atoms with Crippen molar-refractivity contribution in [3.05, 3.63) is 65.7 Å². The molecule has 8 heteroatoms. The first-order valence-electron chi connectivity index (χ1n) is 9.37. The summed E-state index contributed by atoms with van der Waals surface area (Å²) < 4.78 is 37.9. The Morgan fingerprint density at radius 3 is 1.86 bits per heavy atom. The molecule has 0 aromatic heterocycles. The van der Waals surface area contributed by atoms with Crippen molar-refractivity contribution in [3.63, 3.8) is 0 Å². The van der Waals surface area contributed by atoms with Crippen LogP contribution >= 0.6 is 0 Å². The molecular formula is C21H20F3N3O2. The third-order valence-electron chi connectivity index (χ3n) is 5.63. The van der Waals surface area contributed by atoms with Gasteiger partial charge in [-0.1, -0.05) is 18.2 Å². The Balaban J connectivity index is 1.39. The third kappa shape index (κ3) is 3.92. The number of alkyl halides is 3. The second-order valence-corrected chi connectivity index (χ2v) is 7.64. The zero-order valence-electron chi connectivity index (χ0n) is 15.5. The normalized spacial score (nSPS) is 18.4. The fourth-order valence-corrected chi connectivity index (χ4v) is 3.70. The minimum Gasteiger partial charge on any atom is -0.344 e. The highest BCUT2D eigenvalue weighted by Gasteiger charge is 2.67. The molecule has 2 aliphatic carbocycles. The fourth-order valence-electron chi connectivity index (χ4n) is 3.70. The van der Waals surface area contributed by atoms with Gasteiger partial charge in [0, 0.05) is 11.3 Å². The molecule has 2 aromatic carbocycles. The summed E-state index contributed by atoms with van der Waals surface area (Å²) in [7, 11) is 0. The maximum atomic E-state index is 12.6. The topological polar surface area (TPSA) is 70.2 Å². The molecule has 29 heavy (non-hydrogen) atoms. The van der Waals surface area contributed by atoms with Gasteiger partial charge in [0.2, 0.25) is 0 Å². The number of halogens is 3. The lowest BCUT2D eigenvalue weighted by Gasteiger charge is -2.29. The van der Waals surface area contributed by atoms with Gasteiger partial charge in [0.1, 0.15) is 0 Å². The minimum atomic E-state index is -4.42. The Morgan fingerprint density at radius 1 is 0.793 bits per heavy atom. The van der Waals surface area contributed by atoms with Crippen LogP contribution in [0.3, 0.4) is 0 Å². The van der Waals surface area contributed by atoms with Crippen LogP contribution in [0.5, 0.6) is 0 Å². The van der Waals surface area contributed by atoms with Crippen molar-refractivity contribution in [2.45, 2.75) is 42.9 Å². The number of rotatable bonds is 5. The Kier molecular flexibility index (Phi) is 4.52. The number of anilines is 1. The Labute approximate surface area is 165 Å². The summed E-state index contributed by atoms with van der Waals surface area (Å²) in [6, 6.07) is 12.6. The van der Waals surface area contributed by atoms with Gasteiger partial charge in [-0.2, -0.15) is 13.2 Å². The SMILES string of the molecule is O=C(Nc1ccc(C(F)(F)F)cc1)NC1(C2(NC(=O)c3ccccc3)CC2)CC1. The van der Waals surface area contributed by atoms with Crippen molar-refractivity contribution in [1.29, 1.82) is 0 Å². The molecule has 0 saturated heterocycles. The van der Waals surface area contributed by atoms with E-state index in [4.69, 9.17) is 0 Å². The molecule has 0 atom stereocenters. The molecule has 2 aromatic rings. The molecule has 3 amide bonds. The molecule has 0 spiro atoms. The van der Waals surface area contributed by atoms with E-state index in [1.54, 1.807) is 24.3 Å². The number of carbonyl (C=O) groups excluding carboxylic acids is 2. The zero-order valence-corrected chi connectivity index (χ0v) is 15.5. The van der Waals surface area contributed by atoms with E-state index in [0.29, 0.717) is 5.56 Å². The van der Waals surface area contributed by atoms with Gasteiger partial charge in [-0.3, -0.25) is 4.79 Å². The second kappa shape index (κ2) is 6.79. The molecule has 2 fully saturated rings. The smallest absolute Gasteiger partial charge is 0.344 e. The molecular weight excluding hydrogens is 383 g/mol. The molecule has 152 valence electrons. The maximum Gasteiger partial charge on any atom is 0.416 e. The summed E-state index contributed by atoms with van der Waals surface area (Å²) in [6.07, 6.45) is -1.41. The first-order chi connectivity index (χ1) is 13.7. The van der Waals surface area contributed by atoms with Crippen molar-refractivity contribution < 1.29 is 22.8 Å². The van der Waals surface area contributed by atoms with Gasteiger partial charge in [-0.25, -0.2) is 4.79 Å². The Bertz CT molecular complexity index is 918. The highest BCUT2D eigenvalue weighted by atomic mass is 19.4. The minimum absolute atomic E-state index is 0.181. The van der Waals surface area contributed by atoms with Crippen molar-refractivity contribution in [1.82, 2.24) is 10.6 Å². The van der Waals surface area contributed by atoms with Gasteiger partial charge < -0.3 is 16.0 Å². The van der Waals surface area contributed by atoms with Crippen molar-refractivity contribution in [2.24, 2.45) is 0 Å². The lowest BCUT2D eigenvalue weighted by atomic mass is 10.0. The van der Waals surface area contributed by atoms with Crippen LogP contribution < -0.4 is 16.0 Å². The van der Waals surface area contributed by atoms with Crippen LogP contribution in [0, 0.1) is 0 Å². The first-order valence-corrected chi connectivity index (χ1v) is 9.37. The molecule has 3 N–H and O–H groups in total. The number of hydrogen-bond acceptors (Lipinski definition) is 2. The van der Waals surface area contributed by atoms with Crippen molar-refractivity contribution in [2.75, 3.05) is 5.32 Å². The standard InChI is InChI=1S/C21H20F3N3O2/c22-21(23,24)15-6-8-16(9-7-15)25-18(29)27-20(12-13-20)19(10-11-19)26-17(28)14-4-2-1-3-5-14/h1-9H,10-13H2,(H,26,28)(H2,25,27,29). The number of benzene rings is 2. The fraction of sp³-hybridized carbons (Fsp3) is 0.333. The highest BCUT2D eigenvalue weighted by molar-refractivity contribution is 5.95. The summed E-state index contributed by atoms with van der Waals surface area (Å²) in [5.74, 6) is -0.181. The first kappa shape index (κ1) is 19.3. The number of hydrogen-bond donors (Lipinski definition) is 3. The van der Waals surface area contributed by atoms with E-state index in [9.17, 15) is 22.8 Å². The molecule has 0 aliphatic heterocycles. The van der Waals surface area contributed by atoms with Gasteiger partial charge in [0.05, 0.1) is 16.6 Å². The third-order valence-corrected chi connectivity index (χ3v) is 5.63. The number of nitrogens with one attached hydrogen (secondary N) is 3. The van der Waals surface area contributed by atoms with Crippen LogP contribution in [0.1, 0.15) is 41.6 Å². The van der Waals surface area contributed by atoms with Crippen LogP contribution in [0.4, 0.5) is 23.7 Å². The summed E-state index contributed by atoms with van der Waals surface area (Å²) >= 11 is 0. The van der Waals surface area contributed by atoms with E-state index in [1.165, 1.54) is 12.1 Å². The molecule has 4 rings (SSSR count). The van der Waals surface area contributed by atoms with E-state index in [2.05, 4.69) is 16.0 Å². The van der Waals surface area contributed by atoms with Crippen molar-refractivity contribution >= 4 is 17.6 Å². The monoisotopic (exact) mass is 403 g/mol. The number of urea groups is 1. The van der Waals surface area contributed by atoms with Gasteiger partial charge in [0.15, 0.2) is 0 Å². The van der Waals surface area contributed by atoms with E-state index in [-0.39, 0.29) is 11.6 Å². The van der Waals surface area contributed by atoms with Crippen LogP contribution in [-0.2, 0) is 6.18 Å². The summed E-state index contributed by atoms with van der Waals surface area (Å²) in [4.78, 5) is 25.0. The predicted octanol–water partition coefficient (Wildman–Crippen LogP) is 4.32. The molecule has 0 radical (unpaired) electrons. The quantitative estimate of drug-likeness (QED) is 0.696. The van der Waals surface area contributed by atoms with Gasteiger partial charge in [-0.05, 0) is 62.1 Å². The van der Waals surface area contributed by atoms with Gasteiger partial charge in [0.25, 0.3) is 5.91 Å². The maximum absolute atomic E-state index is 12.6. The zero-order chi connectivity index (χ0) is 20.7. The van der Waals surface area contributed by atoms with Gasteiger partial charge >= 0.3 is 12.2 Å². The van der Waals surface area contributed by atoms with Crippen LogP contribution in [0.25, 0.3) is 0 Å². The number of amides is 3. The van der Waals surface area contributed by atoms with Crippen LogP contribution in [0.2, 0.25) is 0 Å². The molecule has 2 aliphatic rings. The summed E-state index contributed by atoms with van der Waals surface area (Å²) in [5, 5.41) is 8.58. The molecule has 0 heterocycles. The Morgan fingerprint density at radius 2 is 1.34 bits per heavy atom. The predicted molar refractivity (Wildman–Crippen MR) is 101 cm³/mol. The summed E-state index contributed by atoms with van der Waals surface area (Å²) in [5.41, 5.74) is -0.943. The lowest BCUT2D eigenvalue weighted by molar-refractivity contribution is -0.137. The summed E-state index contributed by atoms with van der Waals surface area (Å²) in [6.45, 7) is 0. The lowest BCUT2D eigenvalue weighted by Crippen LogP contribution is -2.56. The van der Waals surface area contributed by atoms with Crippen LogP contribution in [-0.4, -0.2) is 23.0 Å². The molecule has 5 nitrogen and oxygen atoms in total. The molecule has 0 unspecified atom stereocenters. The molecule has 2 saturated carbocycles. The highest BCUT2D eigenvalue weighted by Crippen LogP contribution is 2.57. The average molecular weight is 403 g/mol. The second-order valence-electron chi connectivity index (χ2n) is 7.64. The van der Waals surface area contributed by atoms with E-state index in [1.807, 2.05) is 6.07 Å². The van der Waals surface area contributed by atoms with E-state index >= 15 is 0 Å². The van der Waals surface area contributed by atoms with Gasteiger partial charge in [-0.15, -0.1) is 0 Å². The average Bonchev–Trinajstić information content (AvgIpc) is 3.59. The van der Waals surface area contributed by atoms with E-state index in [0.717, 1.165) is 37.8 Å². The van der Waals surface area contributed by atoms with Crippen molar-refractivity contribution in [3.8, 4) is 0 Å². The number of carbonyl (C=O) groups is 2.